The van der Waals surface area contributed by atoms with E-state index in [0.717, 1.165) is 0 Å². The fourth-order valence-corrected chi connectivity index (χ4v) is 3.38. The van der Waals surface area contributed by atoms with Crippen LogP contribution in [-0.2, 0) is 0 Å². The first-order valence-corrected chi connectivity index (χ1v) is 8.29. The molecule has 0 aliphatic carbocycles. The fraction of sp³-hybridized carbons (Fsp3) is 0.667. The second-order valence-corrected chi connectivity index (χ2v) is 6.12. The van der Waals surface area contributed by atoms with E-state index in [9.17, 15) is 0 Å². The maximum absolute atomic E-state index is 3.76. The second kappa shape index (κ2) is 7.80. The molecule has 2 nitrogen and oxygen atoms in total. The Labute approximate surface area is 124 Å². The third-order valence-corrected chi connectivity index (χ3v) is 4.64. The summed E-state index contributed by atoms with van der Waals surface area (Å²) in [6.45, 7) is 9.36. The molecule has 2 rings (SSSR count). The van der Waals surface area contributed by atoms with Crippen molar-refractivity contribution in [3.05, 3.63) is 35.9 Å². The summed E-state index contributed by atoms with van der Waals surface area (Å²) in [7, 11) is 0. The summed E-state index contributed by atoms with van der Waals surface area (Å²) < 4.78 is 0. The van der Waals surface area contributed by atoms with E-state index in [4.69, 9.17) is 0 Å². The Kier molecular flexibility index (Phi) is 6.06. The lowest BCUT2D eigenvalue weighted by Gasteiger charge is -2.36. The molecular weight excluding hydrogens is 244 g/mol. The maximum Gasteiger partial charge on any atom is 0.0345 e. The molecule has 2 heteroatoms. The zero-order valence-electron chi connectivity index (χ0n) is 13.3. The van der Waals surface area contributed by atoms with Gasteiger partial charge < -0.3 is 5.32 Å². The molecule has 1 heterocycles. The zero-order chi connectivity index (χ0) is 14.4. The highest BCUT2D eigenvalue weighted by molar-refractivity contribution is 5.19. The molecule has 3 unspecified atom stereocenters. The van der Waals surface area contributed by atoms with E-state index < -0.39 is 0 Å². The zero-order valence-corrected chi connectivity index (χ0v) is 13.3. The summed E-state index contributed by atoms with van der Waals surface area (Å²) in [6.07, 6.45) is 4.95. The molecule has 1 saturated heterocycles. The highest BCUT2D eigenvalue weighted by Crippen LogP contribution is 2.26. The predicted octanol–water partition coefficient (Wildman–Crippen LogP) is 3.99. The van der Waals surface area contributed by atoms with Gasteiger partial charge in [-0.05, 0) is 38.2 Å². The van der Waals surface area contributed by atoms with Crippen LogP contribution < -0.4 is 5.32 Å². The van der Waals surface area contributed by atoms with Crippen molar-refractivity contribution in [1.29, 1.82) is 0 Å². The molecule has 1 fully saturated rings. The van der Waals surface area contributed by atoms with Crippen LogP contribution in [0.2, 0.25) is 0 Å². The predicted molar refractivity (Wildman–Crippen MR) is 87.0 cm³/mol. The average molecular weight is 274 g/mol. The normalized spacial score (nSPS) is 26.8. The molecule has 0 bridgehead atoms. The quantitative estimate of drug-likeness (QED) is 0.893. The third kappa shape index (κ3) is 4.07. The monoisotopic (exact) mass is 274 g/mol. The van der Waals surface area contributed by atoms with Crippen molar-refractivity contribution in [3.8, 4) is 0 Å². The lowest BCUT2D eigenvalue weighted by Crippen LogP contribution is -2.44. The number of hydrogen-bond acceptors (Lipinski definition) is 2. The Morgan fingerprint density at radius 3 is 2.50 bits per heavy atom. The fourth-order valence-electron chi connectivity index (χ4n) is 3.38. The SMILES string of the molecule is CCC1CCN(C(CC)c2ccccc2)CCC(C)N1. The summed E-state index contributed by atoms with van der Waals surface area (Å²) in [6, 6.07) is 12.9. The van der Waals surface area contributed by atoms with Gasteiger partial charge >= 0.3 is 0 Å². The van der Waals surface area contributed by atoms with Gasteiger partial charge in [-0.15, -0.1) is 0 Å². The van der Waals surface area contributed by atoms with Crippen molar-refractivity contribution < 1.29 is 0 Å². The molecule has 1 aliphatic heterocycles. The molecule has 1 N–H and O–H groups in total. The van der Waals surface area contributed by atoms with Gasteiger partial charge in [0.25, 0.3) is 0 Å². The highest BCUT2D eigenvalue weighted by atomic mass is 15.2. The Balaban J connectivity index is 2.08. The van der Waals surface area contributed by atoms with Gasteiger partial charge in [0.1, 0.15) is 0 Å². The van der Waals surface area contributed by atoms with Crippen LogP contribution in [-0.4, -0.2) is 30.1 Å². The first-order valence-electron chi connectivity index (χ1n) is 8.29. The molecule has 0 aromatic heterocycles. The van der Waals surface area contributed by atoms with Crippen molar-refractivity contribution in [1.82, 2.24) is 10.2 Å². The van der Waals surface area contributed by atoms with Crippen LogP contribution in [0.1, 0.15) is 58.1 Å². The Morgan fingerprint density at radius 2 is 1.85 bits per heavy atom. The van der Waals surface area contributed by atoms with Crippen LogP contribution >= 0.6 is 0 Å². The number of rotatable bonds is 4. The Hall–Kier alpha value is -0.860. The van der Waals surface area contributed by atoms with Gasteiger partial charge in [0.05, 0.1) is 0 Å². The minimum Gasteiger partial charge on any atom is -0.311 e. The third-order valence-electron chi connectivity index (χ3n) is 4.64. The van der Waals surface area contributed by atoms with Gasteiger partial charge in [-0.1, -0.05) is 44.2 Å². The summed E-state index contributed by atoms with van der Waals surface area (Å²) in [5.41, 5.74) is 1.48. The molecule has 20 heavy (non-hydrogen) atoms. The molecular formula is C18H30N2. The summed E-state index contributed by atoms with van der Waals surface area (Å²) in [4.78, 5) is 2.70. The minimum absolute atomic E-state index is 0.582. The molecule has 0 radical (unpaired) electrons. The van der Waals surface area contributed by atoms with Crippen molar-refractivity contribution in [2.45, 2.75) is 64.6 Å². The van der Waals surface area contributed by atoms with Crippen LogP contribution in [0.5, 0.6) is 0 Å². The number of benzene rings is 1. The highest BCUT2D eigenvalue weighted by Gasteiger charge is 2.23. The average Bonchev–Trinajstić information content (AvgIpc) is 2.47. The standard InChI is InChI=1S/C18H30N2/c1-4-17-12-14-20(13-11-15(3)19-17)18(5-2)16-9-7-6-8-10-16/h6-10,15,17-19H,4-5,11-14H2,1-3H3. The van der Waals surface area contributed by atoms with E-state index in [1.54, 1.807) is 0 Å². The second-order valence-electron chi connectivity index (χ2n) is 6.12. The van der Waals surface area contributed by atoms with E-state index in [1.807, 2.05) is 0 Å². The van der Waals surface area contributed by atoms with E-state index in [2.05, 4.69) is 61.3 Å². The first-order chi connectivity index (χ1) is 9.74. The van der Waals surface area contributed by atoms with Crippen LogP contribution in [0.15, 0.2) is 30.3 Å². The molecule has 0 amide bonds. The van der Waals surface area contributed by atoms with Gasteiger partial charge in [-0.25, -0.2) is 0 Å². The van der Waals surface area contributed by atoms with Gasteiger partial charge in [0.15, 0.2) is 0 Å². The van der Waals surface area contributed by atoms with Crippen LogP contribution in [0.4, 0.5) is 0 Å². The van der Waals surface area contributed by atoms with Crippen LogP contribution in [0.3, 0.4) is 0 Å². The van der Waals surface area contributed by atoms with E-state index in [0.29, 0.717) is 18.1 Å². The molecule has 3 atom stereocenters. The van der Waals surface area contributed by atoms with E-state index in [-0.39, 0.29) is 0 Å². The van der Waals surface area contributed by atoms with Crippen molar-refractivity contribution >= 4 is 0 Å². The first kappa shape index (κ1) is 15.5. The van der Waals surface area contributed by atoms with Crippen LogP contribution in [0.25, 0.3) is 0 Å². The van der Waals surface area contributed by atoms with Gasteiger partial charge in [-0.3, -0.25) is 4.90 Å². The molecule has 1 aliphatic rings. The van der Waals surface area contributed by atoms with Gasteiger partial charge in [0.2, 0.25) is 0 Å². The van der Waals surface area contributed by atoms with Crippen molar-refractivity contribution in [2.75, 3.05) is 13.1 Å². The molecule has 112 valence electrons. The topological polar surface area (TPSA) is 15.3 Å². The summed E-state index contributed by atoms with van der Waals surface area (Å²) in [5.74, 6) is 0. The largest absolute Gasteiger partial charge is 0.311 e. The Bertz CT molecular complexity index is 376. The number of hydrogen-bond donors (Lipinski definition) is 1. The molecule has 0 spiro atoms. The maximum atomic E-state index is 3.76. The van der Waals surface area contributed by atoms with Gasteiger partial charge in [0, 0.05) is 31.2 Å². The lowest BCUT2D eigenvalue weighted by atomic mass is 9.99. The minimum atomic E-state index is 0.582. The van der Waals surface area contributed by atoms with Crippen LogP contribution in [0, 0.1) is 0 Å². The van der Waals surface area contributed by atoms with E-state index >= 15 is 0 Å². The summed E-state index contributed by atoms with van der Waals surface area (Å²) >= 11 is 0. The van der Waals surface area contributed by atoms with Crippen molar-refractivity contribution in [2.24, 2.45) is 0 Å². The van der Waals surface area contributed by atoms with Gasteiger partial charge in [-0.2, -0.15) is 0 Å². The summed E-state index contributed by atoms with van der Waals surface area (Å²) in [5, 5.41) is 3.76. The molecule has 0 saturated carbocycles. The number of nitrogens with one attached hydrogen (secondary N) is 1. The van der Waals surface area contributed by atoms with E-state index in [1.165, 1.54) is 44.3 Å². The van der Waals surface area contributed by atoms with Crippen molar-refractivity contribution in [3.63, 3.8) is 0 Å². The molecule has 1 aromatic rings. The number of nitrogens with zero attached hydrogens (tertiary/aromatic N) is 1. The Morgan fingerprint density at radius 1 is 1.15 bits per heavy atom. The smallest absolute Gasteiger partial charge is 0.0345 e. The molecule has 1 aromatic carbocycles. The lowest BCUT2D eigenvalue weighted by molar-refractivity contribution is 0.154.